The molecule has 0 N–H and O–H groups in total. The van der Waals surface area contributed by atoms with E-state index in [2.05, 4.69) is 18.2 Å². The largest absolute Gasteiger partial charge is 0.487 e. The minimum atomic E-state index is -0.364. The van der Waals surface area contributed by atoms with Gasteiger partial charge in [0.15, 0.2) is 0 Å². The van der Waals surface area contributed by atoms with Crippen molar-refractivity contribution < 1.29 is 9.15 Å². The molecule has 0 radical (unpaired) electrons. The van der Waals surface area contributed by atoms with Gasteiger partial charge in [-0.3, -0.25) is 0 Å². The van der Waals surface area contributed by atoms with Crippen molar-refractivity contribution in [3.8, 4) is 5.75 Å². The van der Waals surface area contributed by atoms with Gasteiger partial charge in [0, 0.05) is 17.5 Å². The van der Waals surface area contributed by atoms with Gasteiger partial charge in [-0.15, -0.1) is 0 Å². The van der Waals surface area contributed by atoms with E-state index in [1.807, 2.05) is 31.2 Å². The number of hydrogen-bond acceptors (Lipinski definition) is 3. The van der Waals surface area contributed by atoms with Crippen LogP contribution in [0.3, 0.4) is 0 Å². The van der Waals surface area contributed by atoms with E-state index in [0.29, 0.717) is 23.0 Å². The summed E-state index contributed by atoms with van der Waals surface area (Å²) in [6.07, 6.45) is 0.731. The van der Waals surface area contributed by atoms with Gasteiger partial charge in [-0.1, -0.05) is 61.0 Å². The van der Waals surface area contributed by atoms with Crippen molar-refractivity contribution in [3.05, 3.63) is 87.2 Å². The Hall–Kier alpha value is -2.78. The zero-order valence-corrected chi connectivity index (χ0v) is 15.0. The Morgan fingerprint density at radius 1 is 0.962 bits per heavy atom. The van der Waals surface area contributed by atoms with Gasteiger partial charge in [-0.05, 0) is 34.4 Å². The maximum atomic E-state index is 11.7. The Balaban J connectivity index is 1.71. The van der Waals surface area contributed by atoms with Crippen molar-refractivity contribution in [2.75, 3.05) is 0 Å². The van der Waals surface area contributed by atoms with Crippen LogP contribution in [0.2, 0.25) is 5.02 Å². The zero-order chi connectivity index (χ0) is 18.1. The number of benzene rings is 3. The highest BCUT2D eigenvalue weighted by Crippen LogP contribution is 2.32. The molecule has 0 fully saturated rings. The lowest BCUT2D eigenvalue weighted by Crippen LogP contribution is -2.01. The summed E-state index contributed by atoms with van der Waals surface area (Å²) in [6.45, 7) is 2.37. The van der Waals surface area contributed by atoms with E-state index in [9.17, 15) is 4.79 Å². The molecule has 0 aliphatic heterocycles. The quantitative estimate of drug-likeness (QED) is 0.433. The van der Waals surface area contributed by atoms with E-state index in [1.54, 1.807) is 12.1 Å². The molecule has 0 bridgehead atoms. The second-order valence-electron chi connectivity index (χ2n) is 6.15. The predicted octanol–water partition coefficient (Wildman–Crippen LogP) is 5.74. The summed E-state index contributed by atoms with van der Waals surface area (Å²) in [6, 6.07) is 19.3. The molecular weight excluding hydrogens is 348 g/mol. The Labute approximate surface area is 155 Å². The van der Waals surface area contributed by atoms with Crippen LogP contribution in [-0.2, 0) is 13.0 Å². The fourth-order valence-electron chi connectivity index (χ4n) is 3.20. The zero-order valence-electron chi connectivity index (χ0n) is 14.3. The first-order valence-electron chi connectivity index (χ1n) is 8.51. The first kappa shape index (κ1) is 16.7. The molecule has 3 nitrogen and oxygen atoms in total. The highest BCUT2D eigenvalue weighted by Gasteiger charge is 2.11. The maximum absolute atomic E-state index is 11.7. The number of rotatable bonds is 4. The van der Waals surface area contributed by atoms with Gasteiger partial charge >= 0.3 is 5.63 Å². The van der Waals surface area contributed by atoms with Crippen LogP contribution in [0.15, 0.2) is 69.9 Å². The lowest BCUT2D eigenvalue weighted by atomic mass is 10.1. The van der Waals surface area contributed by atoms with Crippen LogP contribution in [0.5, 0.6) is 5.75 Å². The molecule has 3 aromatic carbocycles. The summed E-state index contributed by atoms with van der Waals surface area (Å²) in [5, 5.41) is 3.65. The van der Waals surface area contributed by atoms with Crippen LogP contribution in [-0.4, -0.2) is 0 Å². The molecule has 1 aromatic heterocycles. The van der Waals surface area contributed by atoms with Gasteiger partial charge in [-0.2, -0.15) is 0 Å². The second-order valence-corrected chi connectivity index (χ2v) is 6.56. The molecule has 4 rings (SSSR count). The summed E-state index contributed by atoms with van der Waals surface area (Å²) in [7, 11) is 0. The Morgan fingerprint density at radius 3 is 2.62 bits per heavy atom. The van der Waals surface area contributed by atoms with Crippen LogP contribution >= 0.6 is 11.6 Å². The summed E-state index contributed by atoms with van der Waals surface area (Å²) in [4.78, 5) is 11.7. The standard InChI is InChI=1S/C22H17ClO3/c1-2-14-10-22(24)26-20-12-21(19(23)11-18(14)20)25-13-16-8-5-7-15-6-3-4-9-17(15)16/h3-12H,2,13H2,1H3. The fraction of sp³-hybridized carbons (Fsp3) is 0.136. The van der Waals surface area contributed by atoms with E-state index < -0.39 is 0 Å². The van der Waals surface area contributed by atoms with Crippen molar-refractivity contribution >= 4 is 33.3 Å². The summed E-state index contributed by atoms with van der Waals surface area (Å²) < 4.78 is 11.3. The normalized spacial score (nSPS) is 11.2. The Kier molecular flexibility index (Phi) is 4.39. The van der Waals surface area contributed by atoms with Crippen molar-refractivity contribution in [2.45, 2.75) is 20.0 Å². The SMILES string of the molecule is CCc1cc(=O)oc2cc(OCc3cccc4ccccc34)c(Cl)cc12. The number of halogens is 1. The maximum Gasteiger partial charge on any atom is 0.336 e. The van der Waals surface area contributed by atoms with Crippen molar-refractivity contribution in [1.82, 2.24) is 0 Å². The van der Waals surface area contributed by atoms with Crippen molar-refractivity contribution in [2.24, 2.45) is 0 Å². The first-order chi connectivity index (χ1) is 12.7. The van der Waals surface area contributed by atoms with E-state index in [4.69, 9.17) is 20.8 Å². The average Bonchev–Trinajstić information content (AvgIpc) is 2.66. The topological polar surface area (TPSA) is 39.4 Å². The van der Waals surface area contributed by atoms with Gasteiger partial charge in [0.1, 0.15) is 17.9 Å². The summed E-state index contributed by atoms with van der Waals surface area (Å²) in [5.74, 6) is 0.503. The number of ether oxygens (including phenoxy) is 1. The molecule has 0 saturated heterocycles. The summed E-state index contributed by atoms with van der Waals surface area (Å²) >= 11 is 6.41. The molecule has 26 heavy (non-hydrogen) atoms. The Bertz CT molecular complexity index is 1160. The van der Waals surface area contributed by atoms with E-state index in [1.165, 1.54) is 6.07 Å². The molecule has 0 saturated carbocycles. The average molecular weight is 365 g/mol. The molecule has 0 aliphatic rings. The van der Waals surface area contributed by atoms with Gasteiger partial charge in [0.2, 0.25) is 0 Å². The van der Waals surface area contributed by atoms with Gasteiger partial charge in [0.05, 0.1) is 5.02 Å². The van der Waals surface area contributed by atoms with Crippen molar-refractivity contribution in [3.63, 3.8) is 0 Å². The molecule has 0 atom stereocenters. The highest BCUT2D eigenvalue weighted by atomic mass is 35.5. The molecular formula is C22H17ClO3. The van der Waals surface area contributed by atoms with E-state index >= 15 is 0 Å². The Morgan fingerprint density at radius 2 is 1.77 bits per heavy atom. The molecule has 4 aromatic rings. The fourth-order valence-corrected chi connectivity index (χ4v) is 3.42. The number of aryl methyl sites for hydroxylation is 1. The second kappa shape index (κ2) is 6.85. The minimum absolute atomic E-state index is 0.364. The molecule has 0 spiro atoms. The lowest BCUT2D eigenvalue weighted by molar-refractivity contribution is 0.308. The van der Waals surface area contributed by atoms with Crippen LogP contribution in [0, 0.1) is 0 Å². The molecule has 130 valence electrons. The molecule has 0 unspecified atom stereocenters. The van der Waals surface area contributed by atoms with Gasteiger partial charge < -0.3 is 9.15 Å². The van der Waals surface area contributed by atoms with Crippen LogP contribution in [0.25, 0.3) is 21.7 Å². The summed E-state index contributed by atoms with van der Waals surface area (Å²) in [5.41, 5.74) is 2.12. The lowest BCUT2D eigenvalue weighted by Gasteiger charge is -2.12. The molecule has 0 aliphatic carbocycles. The van der Waals surface area contributed by atoms with Gasteiger partial charge in [0.25, 0.3) is 0 Å². The molecule has 0 amide bonds. The first-order valence-corrected chi connectivity index (χ1v) is 8.89. The van der Waals surface area contributed by atoms with Crippen LogP contribution in [0.1, 0.15) is 18.1 Å². The molecule has 1 heterocycles. The smallest absolute Gasteiger partial charge is 0.336 e. The third-order valence-corrected chi connectivity index (χ3v) is 4.82. The van der Waals surface area contributed by atoms with Crippen LogP contribution in [0.4, 0.5) is 0 Å². The van der Waals surface area contributed by atoms with E-state index in [0.717, 1.165) is 33.7 Å². The predicted molar refractivity (Wildman–Crippen MR) is 105 cm³/mol. The van der Waals surface area contributed by atoms with Crippen LogP contribution < -0.4 is 10.4 Å². The molecule has 4 heteroatoms. The minimum Gasteiger partial charge on any atom is -0.487 e. The van der Waals surface area contributed by atoms with Crippen molar-refractivity contribution in [1.29, 1.82) is 0 Å². The van der Waals surface area contributed by atoms with E-state index in [-0.39, 0.29) is 5.63 Å². The monoisotopic (exact) mass is 364 g/mol. The number of hydrogen-bond donors (Lipinski definition) is 0. The third-order valence-electron chi connectivity index (χ3n) is 4.53. The third kappa shape index (κ3) is 3.06. The van der Waals surface area contributed by atoms with Gasteiger partial charge in [-0.25, -0.2) is 4.79 Å². The highest BCUT2D eigenvalue weighted by molar-refractivity contribution is 6.32. The number of fused-ring (bicyclic) bond motifs is 2.